The summed E-state index contributed by atoms with van der Waals surface area (Å²) in [6.45, 7) is 2.68. The molecular formula is C20H19BrN2O4. The number of hydrogen-bond donors (Lipinski definition) is 0. The van der Waals surface area contributed by atoms with E-state index in [2.05, 4.69) is 27.8 Å². The number of benzene rings is 1. The Kier molecular flexibility index (Phi) is 6.24. The van der Waals surface area contributed by atoms with E-state index in [9.17, 15) is 9.59 Å². The van der Waals surface area contributed by atoms with Crippen LogP contribution in [0.1, 0.15) is 35.8 Å². The van der Waals surface area contributed by atoms with Crippen LogP contribution in [0.2, 0.25) is 0 Å². The molecule has 7 heteroatoms. The van der Waals surface area contributed by atoms with Crippen LogP contribution in [-0.4, -0.2) is 22.0 Å². The molecule has 3 aromatic rings. The summed E-state index contributed by atoms with van der Waals surface area (Å²) in [6, 6.07) is 11.7. The molecule has 2 heterocycles. The molecule has 1 aromatic carbocycles. The Bertz CT molecular complexity index is 999. The van der Waals surface area contributed by atoms with E-state index in [0.717, 1.165) is 23.1 Å². The Labute approximate surface area is 164 Å². The van der Waals surface area contributed by atoms with Gasteiger partial charge in [0.1, 0.15) is 18.0 Å². The Hall–Kier alpha value is -2.67. The van der Waals surface area contributed by atoms with Gasteiger partial charge in [-0.1, -0.05) is 13.3 Å². The van der Waals surface area contributed by atoms with Gasteiger partial charge in [0, 0.05) is 16.7 Å². The Morgan fingerprint density at radius 1 is 1.19 bits per heavy atom. The van der Waals surface area contributed by atoms with Crippen molar-refractivity contribution >= 4 is 27.5 Å². The van der Waals surface area contributed by atoms with E-state index >= 15 is 0 Å². The second-order valence-electron chi connectivity index (χ2n) is 5.96. The van der Waals surface area contributed by atoms with Gasteiger partial charge in [-0.25, -0.2) is 9.78 Å². The van der Waals surface area contributed by atoms with Crippen molar-refractivity contribution < 1.29 is 14.3 Å². The lowest BCUT2D eigenvalue weighted by molar-refractivity contribution is 0.0467. The van der Waals surface area contributed by atoms with Crippen LogP contribution in [0.3, 0.4) is 0 Å². The van der Waals surface area contributed by atoms with Gasteiger partial charge in [-0.2, -0.15) is 0 Å². The van der Waals surface area contributed by atoms with Crippen molar-refractivity contribution in [2.75, 3.05) is 6.61 Å². The largest absolute Gasteiger partial charge is 0.494 e. The molecule has 0 aliphatic rings. The highest BCUT2D eigenvalue weighted by Crippen LogP contribution is 2.14. The third kappa shape index (κ3) is 4.95. The molecule has 3 rings (SSSR count). The van der Waals surface area contributed by atoms with Crippen LogP contribution in [0.15, 0.2) is 57.9 Å². The average Bonchev–Trinajstić information content (AvgIpc) is 2.67. The topological polar surface area (TPSA) is 69.9 Å². The molecule has 140 valence electrons. The smallest absolute Gasteiger partial charge is 0.338 e. The van der Waals surface area contributed by atoms with Crippen LogP contribution >= 0.6 is 15.9 Å². The summed E-state index contributed by atoms with van der Waals surface area (Å²) in [7, 11) is 0. The minimum atomic E-state index is -0.479. The molecule has 0 fully saturated rings. The highest BCUT2D eigenvalue weighted by atomic mass is 79.9. The van der Waals surface area contributed by atoms with Gasteiger partial charge in [-0.3, -0.25) is 9.20 Å². The molecule has 2 aromatic heterocycles. The molecule has 0 unspecified atom stereocenters. The second kappa shape index (κ2) is 8.81. The Balaban J connectivity index is 1.64. The number of rotatable bonds is 7. The summed E-state index contributed by atoms with van der Waals surface area (Å²) in [6.07, 6.45) is 3.69. The van der Waals surface area contributed by atoms with Crippen LogP contribution in [0.25, 0.3) is 5.65 Å². The number of halogens is 1. The van der Waals surface area contributed by atoms with Crippen molar-refractivity contribution in [2.24, 2.45) is 0 Å². The third-order valence-corrected chi connectivity index (χ3v) is 4.35. The molecule has 0 aliphatic heterocycles. The SMILES string of the molecule is CCCCOc1ccc(C(=O)OCc2cc(=O)n3cc(Br)ccc3n2)cc1. The van der Waals surface area contributed by atoms with Gasteiger partial charge in [0.15, 0.2) is 0 Å². The summed E-state index contributed by atoms with van der Waals surface area (Å²) < 4.78 is 13.1. The van der Waals surface area contributed by atoms with E-state index in [1.54, 1.807) is 42.6 Å². The zero-order chi connectivity index (χ0) is 19.2. The van der Waals surface area contributed by atoms with E-state index in [-0.39, 0.29) is 12.2 Å². The van der Waals surface area contributed by atoms with Gasteiger partial charge in [0.05, 0.1) is 17.9 Å². The summed E-state index contributed by atoms with van der Waals surface area (Å²) in [5.41, 5.74) is 1.07. The molecule has 0 amide bonds. The second-order valence-corrected chi connectivity index (χ2v) is 6.88. The molecule has 0 atom stereocenters. The lowest BCUT2D eigenvalue weighted by Crippen LogP contribution is -2.16. The Morgan fingerprint density at radius 2 is 1.96 bits per heavy atom. The molecule has 0 bridgehead atoms. The highest BCUT2D eigenvalue weighted by Gasteiger charge is 2.10. The van der Waals surface area contributed by atoms with Gasteiger partial charge >= 0.3 is 5.97 Å². The fraction of sp³-hybridized carbons (Fsp3) is 0.250. The third-order valence-electron chi connectivity index (χ3n) is 3.88. The molecular weight excluding hydrogens is 412 g/mol. The maximum Gasteiger partial charge on any atom is 0.338 e. The maximum absolute atomic E-state index is 12.2. The predicted octanol–water partition coefficient (Wildman–Crippen LogP) is 3.99. The number of fused-ring (bicyclic) bond motifs is 1. The number of ether oxygens (including phenoxy) is 2. The standard InChI is InChI=1S/C20H19BrN2O4/c1-2-3-10-26-17-7-4-14(5-8-17)20(25)27-13-16-11-19(24)23-12-15(21)6-9-18(23)22-16/h4-9,11-12H,2-3,10,13H2,1H3. The van der Waals surface area contributed by atoms with Crippen molar-refractivity contribution in [3.63, 3.8) is 0 Å². The molecule has 6 nitrogen and oxygen atoms in total. The van der Waals surface area contributed by atoms with Gasteiger partial charge in [-0.15, -0.1) is 0 Å². The monoisotopic (exact) mass is 430 g/mol. The van der Waals surface area contributed by atoms with Crippen LogP contribution in [0.5, 0.6) is 5.75 Å². The molecule has 0 saturated heterocycles. The number of aromatic nitrogens is 2. The van der Waals surface area contributed by atoms with Gasteiger partial charge in [-0.05, 0) is 58.7 Å². The molecule has 0 saturated carbocycles. The fourth-order valence-electron chi connectivity index (χ4n) is 2.44. The lowest BCUT2D eigenvalue weighted by Gasteiger charge is -2.08. The summed E-state index contributed by atoms with van der Waals surface area (Å²) >= 11 is 3.32. The molecule has 0 aliphatic carbocycles. The molecule has 0 spiro atoms. The zero-order valence-corrected chi connectivity index (χ0v) is 16.4. The van der Waals surface area contributed by atoms with Crippen molar-refractivity contribution in [2.45, 2.75) is 26.4 Å². The van der Waals surface area contributed by atoms with E-state index in [1.807, 2.05) is 0 Å². The maximum atomic E-state index is 12.2. The van der Waals surface area contributed by atoms with E-state index < -0.39 is 5.97 Å². The van der Waals surface area contributed by atoms with E-state index in [4.69, 9.17) is 9.47 Å². The number of pyridine rings is 1. The number of esters is 1. The quantitative estimate of drug-likeness (QED) is 0.418. The van der Waals surface area contributed by atoms with Crippen LogP contribution in [0, 0.1) is 0 Å². The summed E-state index contributed by atoms with van der Waals surface area (Å²) in [5.74, 6) is 0.239. The lowest BCUT2D eigenvalue weighted by atomic mass is 10.2. The molecule has 0 N–H and O–H groups in total. The van der Waals surface area contributed by atoms with Gasteiger partial charge in [0.2, 0.25) is 0 Å². The van der Waals surface area contributed by atoms with Crippen molar-refractivity contribution in [1.29, 1.82) is 0 Å². The first-order valence-corrected chi connectivity index (χ1v) is 9.44. The summed E-state index contributed by atoms with van der Waals surface area (Å²) in [4.78, 5) is 28.7. The normalized spacial score (nSPS) is 10.7. The van der Waals surface area contributed by atoms with Gasteiger partial charge in [0.25, 0.3) is 5.56 Å². The van der Waals surface area contributed by atoms with Crippen molar-refractivity contribution in [3.8, 4) is 5.75 Å². The number of hydrogen-bond acceptors (Lipinski definition) is 5. The minimum Gasteiger partial charge on any atom is -0.494 e. The molecule has 0 radical (unpaired) electrons. The highest BCUT2D eigenvalue weighted by molar-refractivity contribution is 9.10. The van der Waals surface area contributed by atoms with Gasteiger partial charge < -0.3 is 9.47 Å². The first-order valence-electron chi connectivity index (χ1n) is 8.64. The summed E-state index contributed by atoms with van der Waals surface area (Å²) in [5, 5.41) is 0. The fourth-order valence-corrected chi connectivity index (χ4v) is 2.78. The minimum absolute atomic E-state index is 0.0740. The number of unbranched alkanes of at least 4 members (excludes halogenated alkanes) is 1. The first kappa shape index (κ1) is 19.1. The van der Waals surface area contributed by atoms with Crippen LogP contribution in [0.4, 0.5) is 0 Å². The average molecular weight is 431 g/mol. The van der Waals surface area contributed by atoms with E-state index in [1.165, 1.54) is 10.5 Å². The first-order chi connectivity index (χ1) is 13.1. The van der Waals surface area contributed by atoms with Crippen LogP contribution in [-0.2, 0) is 11.3 Å². The van der Waals surface area contributed by atoms with Crippen molar-refractivity contribution in [3.05, 3.63) is 74.7 Å². The van der Waals surface area contributed by atoms with Crippen LogP contribution < -0.4 is 10.3 Å². The number of carbonyl (C=O) groups excluding carboxylic acids is 1. The number of nitrogens with zero attached hydrogens (tertiary/aromatic N) is 2. The molecule has 27 heavy (non-hydrogen) atoms. The number of carbonyl (C=O) groups is 1. The van der Waals surface area contributed by atoms with Crippen molar-refractivity contribution in [1.82, 2.24) is 9.38 Å². The zero-order valence-electron chi connectivity index (χ0n) is 14.9. The predicted molar refractivity (Wildman–Crippen MR) is 105 cm³/mol. The Morgan fingerprint density at radius 3 is 2.70 bits per heavy atom. The van der Waals surface area contributed by atoms with E-state index in [0.29, 0.717) is 23.5 Å².